The highest BCUT2D eigenvalue weighted by Gasteiger charge is 2.32. The van der Waals surface area contributed by atoms with Crippen LogP contribution in [0.1, 0.15) is 38.5 Å². The predicted molar refractivity (Wildman–Crippen MR) is 66.4 cm³/mol. The van der Waals surface area contributed by atoms with E-state index in [0.717, 1.165) is 38.5 Å². The van der Waals surface area contributed by atoms with Gasteiger partial charge in [0, 0.05) is 12.4 Å². The highest BCUT2D eigenvalue weighted by atomic mass is 16.2. The molecule has 0 atom stereocenters. The van der Waals surface area contributed by atoms with E-state index >= 15 is 0 Å². The highest BCUT2D eigenvalue weighted by molar-refractivity contribution is 5.77. The number of amides is 1. The van der Waals surface area contributed by atoms with Crippen molar-refractivity contribution in [2.75, 3.05) is 0 Å². The average Bonchev–Trinajstić information content (AvgIpc) is 2.74. The molecule has 1 aromatic heterocycles. The molecular formula is C13H18N4O. The molecule has 5 nitrogen and oxygen atoms in total. The first kappa shape index (κ1) is 12.6. The van der Waals surface area contributed by atoms with Crippen LogP contribution in [0.5, 0.6) is 0 Å². The van der Waals surface area contributed by atoms with Crippen LogP contribution in [0.3, 0.4) is 0 Å². The molecule has 1 saturated carbocycles. The van der Waals surface area contributed by atoms with E-state index in [2.05, 4.69) is 16.5 Å². The molecule has 1 heterocycles. The van der Waals surface area contributed by atoms with Gasteiger partial charge in [-0.3, -0.25) is 9.48 Å². The Hall–Kier alpha value is -1.83. The number of nitrogens with zero attached hydrogens (tertiary/aromatic N) is 3. The van der Waals surface area contributed by atoms with Gasteiger partial charge in [-0.15, -0.1) is 0 Å². The zero-order chi connectivity index (χ0) is 12.8. The van der Waals surface area contributed by atoms with Crippen LogP contribution in [0, 0.1) is 11.3 Å². The van der Waals surface area contributed by atoms with E-state index in [1.54, 1.807) is 23.1 Å². The molecule has 0 radical (unpaired) electrons. The van der Waals surface area contributed by atoms with Crippen molar-refractivity contribution in [3.05, 3.63) is 18.5 Å². The lowest BCUT2D eigenvalue weighted by Gasteiger charge is -2.26. The summed E-state index contributed by atoms with van der Waals surface area (Å²) in [5, 5.41) is 16.2. The van der Waals surface area contributed by atoms with Gasteiger partial charge in [0.15, 0.2) is 0 Å². The average molecular weight is 246 g/mol. The van der Waals surface area contributed by atoms with E-state index in [4.69, 9.17) is 0 Å². The van der Waals surface area contributed by atoms with Gasteiger partial charge in [0.1, 0.15) is 12.1 Å². The van der Waals surface area contributed by atoms with Gasteiger partial charge >= 0.3 is 0 Å². The van der Waals surface area contributed by atoms with Crippen LogP contribution in [0.4, 0.5) is 0 Å². The molecule has 1 aliphatic carbocycles. The second-order valence-electron chi connectivity index (χ2n) is 4.86. The monoisotopic (exact) mass is 246 g/mol. The Morgan fingerprint density at radius 2 is 2.11 bits per heavy atom. The minimum absolute atomic E-state index is 0.137. The van der Waals surface area contributed by atoms with E-state index < -0.39 is 5.54 Å². The van der Waals surface area contributed by atoms with Gasteiger partial charge in [0.05, 0.1) is 6.07 Å². The lowest BCUT2D eigenvalue weighted by atomic mass is 9.92. The smallest absolute Gasteiger partial charge is 0.242 e. The third kappa shape index (κ3) is 3.10. The first-order valence-corrected chi connectivity index (χ1v) is 6.44. The molecule has 1 aromatic rings. The molecular weight excluding hydrogens is 228 g/mol. The van der Waals surface area contributed by atoms with Crippen LogP contribution < -0.4 is 5.32 Å². The Bertz CT molecular complexity index is 424. The van der Waals surface area contributed by atoms with Gasteiger partial charge in [-0.05, 0) is 18.9 Å². The third-order valence-electron chi connectivity index (χ3n) is 3.41. The number of carbonyl (C=O) groups excluding carboxylic acids is 1. The molecule has 1 aliphatic rings. The summed E-state index contributed by atoms with van der Waals surface area (Å²) in [5.41, 5.74) is -0.666. The second kappa shape index (κ2) is 5.67. The molecule has 1 amide bonds. The number of nitrogens with one attached hydrogen (secondary N) is 1. The van der Waals surface area contributed by atoms with Gasteiger partial charge in [-0.2, -0.15) is 10.4 Å². The van der Waals surface area contributed by atoms with Gasteiger partial charge < -0.3 is 5.32 Å². The van der Waals surface area contributed by atoms with E-state index in [1.165, 1.54) is 0 Å². The van der Waals surface area contributed by atoms with Crippen molar-refractivity contribution in [1.82, 2.24) is 15.1 Å². The molecule has 0 unspecified atom stereocenters. The fraction of sp³-hybridized carbons (Fsp3) is 0.615. The summed E-state index contributed by atoms with van der Waals surface area (Å²) in [7, 11) is 0. The normalized spacial score (nSPS) is 18.6. The molecule has 0 aromatic carbocycles. The van der Waals surface area contributed by atoms with Crippen molar-refractivity contribution in [3.8, 4) is 6.07 Å². The third-order valence-corrected chi connectivity index (χ3v) is 3.41. The fourth-order valence-corrected chi connectivity index (χ4v) is 2.44. The Morgan fingerprint density at radius 3 is 2.67 bits per heavy atom. The zero-order valence-electron chi connectivity index (χ0n) is 10.4. The predicted octanol–water partition coefficient (Wildman–Crippen LogP) is 1.62. The number of aromatic nitrogens is 2. The topological polar surface area (TPSA) is 70.7 Å². The van der Waals surface area contributed by atoms with Crippen molar-refractivity contribution in [2.45, 2.75) is 50.6 Å². The standard InChI is InChI=1S/C13H18N4O/c14-11-13(6-3-1-2-4-7-13)16-12(18)10-17-9-5-8-15-17/h5,8-9H,1-4,6-7,10H2,(H,16,18). The van der Waals surface area contributed by atoms with Gasteiger partial charge in [-0.25, -0.2) is 0 Å². The summed E-state index contributed by atoms with van der Waals surface area (Å²) < 4.78 is 1.57. The molecule has 0 bridgehead atoms. The molecule has 1 fully saturated rings. The van der Waals surface area contributed by atoms with Gasteiger partial charge in [-0.1, -0.05) is 25.7 Å². The van der Waals surface area contributed by atoms with E-state index in [-0.39, 0.29) is 12.5 Å². The number of hydrogen-bond acceptors (Lipinski definition) is 3. The maximum atomic E-state index is 11.9. The number of rotatable bonds is 3. The number of hydrogen-bond donors (Lipinski definition) is 1. The van der Waals surface area contributed by atoms with Gasteiger partial charge in [0.2, 0.25) is 5.91 Å². The van der Waals surface area contributed by atoms with E-state index in [0.29, 0.717) is 0 Å². The molecule has 1 N–H and O–H groups in total. The lowest BCUT2D eigenvalue weighted by Crippen LogP contribution is -2.48. The first-order chi connectivity index (χ1) is 8.74. The summed E-state index contributed by atoms with van der Waals surface area (Å²) in [6, 6.07) is 4.08. The summed E-state index contributed by atoms with van der Waals surface area (Å²) >= 11 is 0. The fourth-order valence-electron chi connectivity index (χ4n) is 2.44. The Labute approximate surface area is 107 Å². The van der Waals surface area contributed by atoms with Gasteiger partial charge in [0.25, 0.3) is 0 Å². The Morgan fingerprint density at radius 1 is 1.39 bits per heavy atom. The van der Waals surface area contributed by atoms with Crippen LogP contribution in [0.25, 0.3) is 0 Å². The summed E-state index contributed by atoms with van der Waals surface area (Å²) in [6.07, 6.45) is 9.22. The maximum absolute atomic E-state index is 11.9. The van der Waals surface area contributed by atoms with Crippen molar-refractivity contribution < 1.29 is 4.79 Å². The lowest BCUT2D eigenvalue weighted by molar-refractivity contribution is -0.123. The van der Waals surface area contributed by atoms with Crippen LogP contribution in [0.2, 0.25) is 0 Å². The van der Waals surface area contributed by atoms with Crippen molar-refractivity contribution in [3.63, 3.8) is 0 Å². The van der Waals surface area contributed by atoms with Crippen molar-refractivity contribution in [1.29, 1.82) is 5.26 Å². The Kier molecular flexibility index (Phi) is 3.98. The first-order valence-electron chi connectivity index (χ1n) is 6.44. The Balaban J connectivity index is 1.97. The molecule has 0 spiro atoms. The van der Waals surface area contributed by atoms with Crippen LogP contribution >= 0.6 is 0 Å². The minimum atomic E-state index is -0.666. The molecule has 96 valence electrons. The SMILES string of the molecule is N#CC1(NC(=O)Cn2cccn2)CCCCCC1. The maximum Gasteiger partial charge on any atom is 0.242 e. The van der Waals surface area contributed by atoms with Crippen LogP contribution in [0.15, 0.2) is 18.5 Å². The van der Waals surface area contributed by atoms with Crippen molar-refractivity contribution >= 4 is 5.91 Å². The molecule has 0 saturated heterocycles. The van der Waals surface area contributed by atoms with Crippen LogP contribution in [-0.4, -0.2) is 21.2 Å². The molecule has 18 heavy (non-hydrogen) atoms. The molecule has 0 aliphatic heterocycles. The summed E-state index contributed by atoms with van der Waals surface area (Å²) in [6.45, 7) is 0.177. The molecule has 2 rings (SSSR count). The quantitative estimate of drug-likeness (QED) is 0.824. The summed E-state index contributed by atoms with van der Waals surface area (Å²) in [4.78, 5) is 11.9. The molecule has 5 heteroatoms. The number of nitriles is 1. The van der Waals surface area contributed by atoms with E-state index in [1.807, 2.05) is 0 Å². The second-order valence-corrected chi connectivity index (χ2v) is 4.86. The highest BCUT2D eigenvalue weighted by Crippen LogP contribution is 2.26. The number of carbonyl (C=O) groups is 1. The van der Waals surface area contributed by atoms with Crippen LogP contribution in [-0.2, 0) is 11.3 Å². The minimum Gasteiger partial charge on any atom is -0.336 e. The summed E-state index contributed by atoms with van der Waals surface area (Å²) in [5.74, 6) is -0.137. The zero-order valence-corrected chi connectivity index (χ0v) is 10.4. The largest absolute Gasteiger partial charge is 0.336 e. The van der Waals surface area contributed by atoms with Crippen molar-refractivity contribution in [2.24, 2.45) is 0 Å². The van der Waals surface area contributed by atoms with E-state index in [9.17, 15) is 10.1 Å².